The van der Waals surface area contributed by atoms with E-state index in [4.69, 9.17) is 5.73 Å². The van der Waals surface area contributed by atoms with Crippen molar-refractivity contribution < 1.29 is 4.79 Å². The molecule has 80 valence electrons. The Kier molecular flexibility index (Phi) is 4.52. The summed E-state index contributed by atoms with van der Waals surface area (Å²) < 4.78 is 0.914. The Bertz CT molecular complexity index is 365. The maximum atomic E-state index is 11.5. The SMILES string of the molecule is C=CCC(N)C(=O)Nc1cccc(Br)c1. The van der Waals surface area contributed by atoms with Crippen molar-refractivity contribution in [2.24, 2.45) is 5.73 Å². The van der Waals surface area contributed by atoms with Crippen LogP contribution in [-0.4, -0.2) is 11.9 Å². The summed E-state index contributed by atoms with van der Waals surface area (Å²) in [7, 11) is 0. The Morgan fingerprint density at radius 1 is 1.67 bits per heavy atom. The molecular weight excluding hydrogens is 256 g/mol. The van der Waals surface area contributed by atoms with E-state index >= 15 is 0 Å². The second kappa shape index (κ2) is 5.68. The fourth-order valence-corrected chi connectivity index (χ4v) is 1.49. The van der Waals surface area contributed by atoms with Crippen LogP contribution < -0.4 is 11.1 Å². The van der Waals surface area contributed by atoms with Crippen LogP contribution in [0.4, 0.5) is 5.69 Å². The summed E-state index contributed by atoms with van der Waals surface area (Å²) in [5.41, 5.74) is 6.35. The number of halogens is 1. The minimum atomic E-state index is -0.540. The molecule has 0 aromatic heterocycles. The van der Waals surface area contributed by atoms with Gasteiger partial charge in [0.15, 0.2) is 0 Å². The zero-order valence-electron chi connectivity index (χ0n) is 8.24. The van der Waals surface area contributed by atoms with Crippen molar-refractivity contribution in [3.63, 3.8) is 0 Å². The highest BCUT2D eigenvalue weighted by atomic mass is 79.9. The van der Waals surface area contributed by atoms with Gasteiger partial charge >= 0.3 is 0 Å². The second-order valence-electron chi connectivity index (χ2n) is 3.13. The summed E-state index contributed by atoms with van der Waals surface area (Å²) in [6.07, 6.45) is 2.10. The van der Waals surface area contributed by atoms with Crippen LogP contribution in [0.25, 0.3) is 0 Å². The molecule has 15 heavy (non-hydrogen) atoms. The number of benzene rings is 1. The summed E-state index contributed by atoms with van der Waals surface area (Å²) in [6, 6.07) is 6.82. The molecule has 1 aromatic rings. The quantitative estimate of drug-likeness (QED) is 0.824. The fraction of sp³-hybridized carbons (Fsp3) is 0.182. The lowest BCUT2D eigenvalue weighted by Crippen LogP contribution is -2.35. The Morgan fingerprint density at radius 2 is 2.40 bits per heavy atom. The molecule has 0 bridgehead atoms. The number of carbonyl (C=O) groups excluding carboxylic acids is 1. The van der Waals surface area contributed by atoms with E-state index in [1.807, 2.05) is 24.3 Å². The fourth-order valence-electron chi connectivity index (χ4n) is 1.09. The van der Waals surface area contributed by atoms with E-state index < -0.39 is 6.04 Å². The molecule has 0 radical (unpaired) electrons. The van der Waals surface area contributed by atoms with E-state index in [-0.39, 0.29) is 5.91 Å². The lowest BCUT2D eigenvalue weighted by molar-refractivity contribution is -0.117. The number of hydrogen-bond donors (Lipinski definition) is 2. The molecule has 1 rings (SSSR count). The van der Waals surface area contributed by atoms with Crippen molar-refractivity contribution in [3.05, 3.63) is 41.4 Å². The topological polar surface area (TPSA) is 55.1 Å². The minimum Gasteiger partial charge on any atom is -0.325 e. The maximum Gasteiger partial charge on any atom is 0.241 e. The first-order valence-corrected chi connectivity index (χ1v) is 5.35. The van der Waals surface area contributed by atoms with E-state index in [0.29, 0.717) is 6.42 Å². The van der Waals surface area contributed by atoms with Crippen LogP contribution >= 0.6 is 15.9 Å². The van der Waals surface area contributed by atoms with Crippen molar-refractivity contribution >= 4 is 27.5 Å². The molecule has 1 amide bonds. The van der Waals surface area contributed by atoms with Gasteiger partial charge in [-0.25, -0.2) is 0 Å². The van der Waals surface area contributed by atoms with E-state index in [2.05, 4.69) is 27.8 Å². The molecule has 0 saturated carbocycles. The second-order valence-corrected chi connectivity index (χ2v) is 4.05. The third kappa shape index (κ3) is 3.85. The number of amides is 1. The number of nitrogens with one attached hydrogen (secondary N) is 1. The summed E-state index contributed by atoms with van der Waals surface area (Å²) in [4.78, 5) is 11.5. The number of carbonyl (C=O) groups is 1. The molecule has 0 fully saturated rings. The predicted octanol–water partition coefficient (Wildman–Crippen LogP) is 2.29. The zero-order valence-corrected chi connectivity index (χ0v) is 9.83. The van der Waals surface area contributed by atoms with Crippen LogP contribution in [0.15, 0.2) is 41.4 Å². The molecule has 0 spiro atoms. The van der Waals surface area contributed by atoms with Crippen molar-refractivity contribution in [1.82, 2.24) is 0 Å². The third-order valence-corrected chi connectivity index (χ3v) is 2.34. The lowest BCUT2D eigenvalue weighted by atomic mass is 10.2. The van der Waals surface area contributed by atoms with Gasteiger partial charge in [-0.3, -0.25) is 4.79 Å². The molecule has 0 heterocycles. The molecule has 4 heteroatoms. The molecule has 1 unspecified atom stereocenters. The first kappa shape index (κ1) is 11.9. The normalized spacial score (nSPS) is 11.9. The van der Waals surface area contributed by atoms with Crippen LogP contribution in [0, 0.1) is 0 Å². The van der Waals surface area contributed by atoms with E-state index in [1.54, 1.807) is 6.08 Å². The molecule has 0 saturated heterocycles. The van der Waals surface area contributed by atoms with Gasteiger partial charge in [-0.2, -0.15) is 0 Å². The van der Waals surface area contributed by atoms with Crippen molar-refractivity contribution in [2.75, 3.05) is 5.32 Å². The molecule has 3 nitrogen and oxygen atoms in total. The van der Waals surface area contributed by atoms with Crippen LogP contribution in [0.5, 0.6) is 0 Å². The largest absolute Gasteiger partial charge is 0.325 e. The van der Waals surface area contributed by atoms with Gasteiger partial charge in [-0.15, -0.1) is 6.58 Å². The first-order valence-electron chi connectivity index (χ1n) is 4.56. The first-order chi connectivity index (χ1) is 7.13. The number of rotatable bonds is 4. The number of hydrogen-bond acceptors (Lipinski definition) is 2. The zero-order chi connectivity index (χ0) is 11.3. The monoisotopic (exact) mass is 268 g/mol. The summed E-state index contributed by atoms with van der Waals surface area (Å²) in [5, 5.41) is 2.73. The van der Waals surface area contributed by atoms with Gasteiger partial charge in [0, 0.05) is 10.2 Å². The van der Waals surface area contributed by atoms with Gasteiger partial charge in [0.1, 0.15) is 0 Å². The number of anilines is 1. The summed E-state index contributed by atoms with van der Waals surface area (Å²) >= 11 is 3.32. The van der Waals surface area contributed by atoms with Gasteiger partial charge in [0.25, 0.3) is 0 Å². The van der Waals surface area contributed by atoms with Crippen LogP contribution in [0.2, 0.25) is 0 Å². The Hall–Kier alpha value is -1.13. The van der Waals surface area contributed by atoms with Crippen molar-refractivity contribution in [1.29, 1.82) is 0 Å². The smallest absolute Gasteiger partial charge is 0.241 e. The van der Waals surface area contributed by atoms with Crippen molar-refractivity contribution in [2.45, 2.75) is 12.5 Å². The van der Waals surface area contributed by atoms with Gasteiger partial charge in [0.2, 0.25) is 5.91 Å². The summed E-state index contributed by atoms with van der Waals surface area (Å²) in [5.74, 6) is -0.201. The van der Waals surface area contributed by atoms with Crippen LogP contribution in [-0.2, 0) is 4.79 Å². The number of nitrogens with two attached hydrogens (primary N) is 1. The van der Waals surface area contributed by atoms with Crippen LogP contribution in [0.3, 0.4) is 0 Å². The highest BCUT2D eigenvalue weighted by Crippen LogP contribution is 2.15. The molecule has 0 aliphatic heterocycles. The maximum absolute atomic E-state index is 11.5. The molecule has 1 atom stereocenters. The van der Waals surface area contributed by atoms with Gasteiger partial charge < -0.3 is 11.1 Å². The van der Waals surface area contributed by atoms with E-state index in [1.165, 1.54) is 0 Å². The lowest BCUT2D eigenvalue weighted by Gasteiger charge is -2.10. The Labute approximate surface area is 97.5 Å². The highest BCUT2D eigenvalue weighted by molar-refractivity contribution is 9.10. The van der Waals surface area contributed by atoms with Gasteiger partial charge in [-0.05, 0) is 24.6 Å². The minimum absolute atomic E-state index is 0.201. The van der Waals surface area contributed by atoms with Gasteiger partial charge in [-0.1, -0.05) is 28.1 Å². The average Bonchev–Trinajstić information content (AvgIpc) is 2.18. The standard InChI is InChI=1S/C11H13BrN2O/c1-2-4-10(13)11(15)14-9-6-3-5-8(12)7-9/h2-3,5-7,10H,1,4,13H2,(H,14,15). The third-order valence-electron chi connectivity index (χ3n) is 1.85. The highest BCUT2D eigenvalue weighted by Gasteiger charge is 2.11. The van der Waals surface area contributed by atoms with E-state index in [9.17, 15) is 4.79 Å². The van der Waals surface area contributed by atoms with Crippen LogP contribution in [0.1, 0.15) is 6.42 Å². The summed E-state index contributed by atoms with van der Waals surface area (Å²) in [6.45, 7) is 3.54. The van der Waals surface area contributed by atoms with E-state index in [0.717, 1.165) is 10.2 Å². The molecule has 0 aliphatic carbocycles. The average molecular weight is 269 g/mol. The predicted molar refractivity (Wildman–Crippen MR) is 65.6 cm³/mol. The van der Waals surface area contributed by atoms with Crippen molar-refractivity contribution in [3.8, 4) is 0 Å². The molecule has 3 N–H and O–H groups in total. The Morgan fingerprint density at radius 3 is 3.00 bits per heavy atom. The molecule has 0 aliphatic rings. The Balaban J connectivity index is 2.62. The van der Waals surface area contributed by atoms with Gasteiger partial charge in [0.05, 0.1) is 6.04 Å². The molecule has 1 aromatic carbocycles. The molecular formula is C11H13BrN2O.